The molecule has 27 heavy (non-hydrogen) atoms. The summed E-state index contributed by atoms with van der Waals surface area (Å²) in [6, 6.07) is 0. The third-order valence-corrected chi connectivity index (χ3v) is 5.63. The molecular weight excluding hydrogens is 332 g/mol. The minimum Gasteiger partial charge on any atom is -0.393 e. The molecule has 1 unspecified atom stereocenters. The normalized spacial score (nSPS) is 12.4. The summed E-state index contributed by atoms with van der Waals surface area (Å²) >= 11 is 0. The molecule has 0 heterocycles. The fourth-order valence-electron chi connectivity index (χ4n) is 3.85. The van der Waals surface area contributed by atoms with Crippen molar-refractivity contribution in [2.24, 2.45) is 0 Å². The second-order valence-electron chi connectivity index (χ2n) is 8.59. The van der Waals surface area contributed by atoms with Crippen LogP contribution in [-0.4, -0.2) is 17.0 Å². The monoisotopic (exact) mass is 382 g/mol. The number of Topliss-reactive ketones (excluding diaryl/α,β-unsaturated/α-hetero) is 1. The maximum absolute atomic E-state index is 11.5. The Morgan fingerprint density at radius 3 is 1.33 bits per heavy atom. The van der Waals surface area contributed by atoms with Gasteiger partial charge in [-0.2, -0.15) is 0 Å². The summed E-state index contributed by atoms with van der Waals surface area (Å²) in [5, 5.41) is 9.85. The van der Waals surface area contributed by atoms with Crippen molar-refractivity contribution in [3.63, 3.8) is 0 Å². The molecule has 0 saturated heterocycles. The predicted molar refractivity (Wildman–Crippen MR) is 119 cm³/mol. The molecule has 0 spiro atoms. The van der Waals surface area contributed by atoms with Gasteiger partial charge in [-0.3, -0.25) is 4.79 Å². The van der Waals surface area contributed by atoms with Crippen LogP contribution >= 0.6 is 0 Å². The lowest BCUT2D eigenvalue weighted by molar-refractivity contribution is -0.121. The van der Waals surface area contributed by atoms with Gasteiger partial charge in [-0.1, -0.05) is 123 Å². The summed E-state index contributed by atoms with van der Waals surface area (Å²) in [5.41, 5.74) is 0. The van der Waals surface area contributed by atoms with E-state index in [1.54, 1.807) is 0 Å². The summed E-state index contributed by atoms with van der Waals surface area (Å²) in [4.78, 5) is 11.5. The zero-order chi connectivity index (χ0) is 20.0. The summed E-state index contributed by atoms with van der Waals surface area (Å²) < 4.78 is 0. The van der Waals surface area contributed by atoms with Crippen LogP contribution in [0.3, 0.4) is 0 Å². The van der Waals surface area contributed by atoms with Crippen LogP contribution in [0.15, 0.2) is 0 Å². The molecule has 0 aromatic heterocycles. The van der Waals surface area contributed by atoms with Crippen LogP contribution in [0.2, 0.25) is 0 Å². The molecular formula is C25H50O2. The fraction of sp³-hybridized carbons (Fsp3) is 0.960. The Labute approximate surface area is 170 Å². The van der Waals surface area contributed by atoms with Crippen molar-refractivity contribution in [3.05, 3.63) is 0 Å². The molecule has 0 radical (unpaired) electrons. The van der Waals surface area contributed by atoms with Gasteiger partial charge in [0.25, 0.3) is 0 Å². The SMILES string of the molecule is CCCCCCCCCCCCCCCCCCCC(O)CC(=O)CCC. The first kappa shape index (κ1) is 26.6. The molecule has 0 aromatic carbocycles. The first-order valence-electron chi connectivity index (χ1n) is 12.4. The lowest BCUT2D eigenvalue weighted by Gasteiger charge is -2.09. The largest absolute Gasteiger partial charge is 0.393 e. The van der Waals surface area contributed by atoms with Crippen LogP contribution < -0.4 is 0 Å². The summed E-state index contributed by atoms with van der Waals surface area (Å²) in [5.74, 6) is 0.219. The molecule has 0 aliphatic carbocycles. The Morgan fingerprint density at radius 1 is 0.593 bits per heavy atom. The molecule has 1 atom stereocenters. The number of hydrogen-bond acceptors (Lipinski definition) is 2. The van der Waals surface area contributed by atoms with Gasteiger partial charge in [-0.05, 0) is 12.8 Å². The number of carbonyl (C=O) groups excluding carboxylic acids is 1. The van der Waals surface area contributed by atoms with Crippen LogP contribution in [-0.2, 0) is 4.79 Å². The van der Waals surface area contributed by atoms with Crippen molar-refractivity contribution in [1.29, 1.82) is 0 Å². The highest BCUT2D eigenvalue weighted by Crippen LogP contribution is 2.15. The highest BCUT2D eigenvalue weighted by atomic mass is 16.3. The average molecular weight is 383 g/mol. The minimum atomic E-state index is -0.402. The van der Waals surface area contributed by atoms with E-state index in [1.165, 1.54) is 103 Å². The first-order chi connectivity index (χ1) is 13.2. The van der Waals surface area contributed by atoms with Crippen molar-refractivity contribution >= 4 is 5.78 Å². The van der Waals surface area contributed by atoms with Crippen molar-refractivity contribution in [3.8, 4) is 0 Å². The maximum atomic E-state index is 11.5. The number of aliphatic hydroxyl groups excluding tert-OH is 1. The van der Waals surface area contributed by atoms with Crippen molar-refractivity contribution < 1.29 is 9.90 Å². The number of rotatable bonds is 22. The van der Waals surface area contributed by atoms with Gasteiger partial charge in [0, 0.05) is 12.8 Å². The molecule has 0 aliphatic heterocycles. The molecule has 2 heteroatoms. The molecule has 0 amide bonds. The fourth-order valence-corrected chi connectivity index (χ4v) is 3.85. The van der Waals surface area contributed by atoms with E-state index in [-0.39, 0.29) is 5.78 Å². The van der Waals surface area contributed by atoms with Gasteiger partial charge < -0.3 is 5.11 Å². The van der Waals surface area contributed by atoms with E-state index in [9.17, 15) is 9.90 Å². The standard InChI is InChI=1S/C25H50O2/c1-3-5-6-7-8-9-10-11-12-13-14-15-16-17-18-19-20-22-25(27)23-24(26)21-4-2/h25,27H,3-23H2,1-2H3. The summed E-state index contributed by atoms with van der Waals surface area (Å²) in [6.45, 7) is 4.30. The smallest absolute Gasteiger partial charge is 0.135 e. The van der Waals surface area contributed by atoms with Crippen molar-refractivity contribution in [1.82, 2.24) is 0 Å². The molecule has 2 nitrogen and oxygen atoms in total. The van der Waals surface area contributed by atoms with Crippen LogP contribution in [0.25, 0.3) is 0 Å². The Balaban J connectivity index is 3.13. The third kappa shape index (κ3) is 21.8. The van der Waals surface area contributed by atoms with Crippen molar-refractivity contribution in [2.45, 2.75) is 155 Å². The highest BCUT2D eigenvalue weighted by molar-refractivity contribution is 5.78. The van der Waals surface area contributed by atoms with Gasteiger partial charge in [0.15, 0.2) is 0 Å². The van der Waals surface area contributed by atoms with Crippen LogP contribution in [0.5, 0.6) is 0 Å². The van der Waals surface area contributed by atoms with E-state index in [0.717, 1.165) is 19.3 Å². The lowest BCUT2D eigenvalue weighted by atomic mass is 10.0. The molecule has 0 fully saturated rings. The molecule has 0 aliphatic rings. The Bertz CT molecular complexity index is 301. The lowest BCUT2D eigenvalue weighted by Crippen LogP contribution is -2.12. The third-order valence-electron chi connectivity index (χ3n) is 5.63. The number of carbonyl (C=O) groups is 1. The van der Waals surface area contributed by atoms with E-state index < -0.39 is 6.10 Å². The van der Waals surface area contributed by atoms with E-state index in [0.29, 0.717) is 12.8 Å². The van der Waals surface area contributed by atoms with Crippen molar-refractivity contribution in [2.75, 3.05) is 0 Å². The average Bonchev–Trinajstić information content (AvgIpc) is 2.64. The first-order valence-corrected chi connectivity index (χ1v) is 12.4. The molecule has 1 N–H and O–H groups in total. The zero-order valence-corrected chi connectivity index (χ0v) is 18.8. The number of ketones is 1. The minimum absolute atomic E-state index is 0.219. The summed E-state index contributed by atoms with van der Waals surface area (Å²) in [6.07, 6.45) is 25.7. The molecule has 0 bridgehead atoms. The van der Waals surface area contributed by atoms with E-state index in [2.05, 4.69) is 6.92 Å². The number of aliphatic hydroxyl groups is 1. The van der Waals surface area contributed by atoms with Gasteiger partial charge in [-0.15, -0.1) is 0 Å². The Morgan fingerprint density at radius 2 is 0.963 bits per heavy atom. The van der Waals surface area contributed by atoms with Gasteiger partial charge in [0.1, 0.15) is 5.78 Å². The highest BCUT2D eigenvalue weighted by Gasteiger charge is 2.09. The predicted octanol–water partition coefficient (Wildman–Crippen LogP) is 8.15. The van der Waals surface area contributed by atoms with E-state index >= 15 is 0 Å². The van der Waals surface area contributed by atoms with Gasteiger partial charge in [-0.25, -0.2) is 0 Å². The molecule has 162 valence electrons. The second-order valence-corrected chi connectivity index (χ2v) is 8.59. The van der Waals surface area contributed by atoms with Gasteiger partial charge in [0.05, 0.1) is 6.10 Å². The van der Waals surface area contributed by atoms with E-state index in [4.69, 9.17) is 0 Å². The van der Waals surface area contributed by atoms with Crippen LogP contribution in [0.4, 0.5) is 0 Å². The number of unbranched alkanes of at least 4 members (excludes halogenated alkanes) is 16. The van der Waals surface area contributed by atoms with Gasteiger partial charge >= 0.3 is 0 Å². The molecule has 0 aromatic rings. The Hall–Kier alpha value is -0.370. The summed E-state index contributed by atoms with van der Waals surface area (Å²) in [7, 11) is 0. The second kappa shape index (κ2) is 21.9. The van der Waals surface area contributed by atoms with Crippen LogP contribution in [0, 0.1) is 0 Å². The van der Waals surface area contributed by atoms with Gasteiger partial charge in [0.2, 0.25) is 0 Å². The number of hydrogen-bond donors (Lipinski definition) is 1. The molecule has 0 saturated carbocycles. The molecule has 0 rings (SSSR count). The Kier molecular flexibility index (Phi) is 21.6. The quantitative estimate of drug-likeness (QED) is 0.192. The van der Waals surface area contributed by atoms with Crippen LogP contribution in [0.1, 0.15) is 149 Å². The topological polar surface area (TPSA) is 37.3 Å². The van der Waals surface area contributed by atoms with E-state index in [1.807, 2.05) is 6.92 Å². The maximum Gasteiger partial charge on any atom is 0.135 e. The zero-order valence-electron chi connectivity index (χ0n) is 18.8.